The van der Waals surface area contributed by atoms with Gasteiger partial charge < -0.3 is 14.5 Å². The minimum Gasteiger partial charge on any atom is -0.497 e. The maximum Gasteiger partial charge on any atom is 0.225 e. The third-order valence-electron chi connectivity index (χ3n) is 5.80. The van der Waals surface area contributed by atoms with Crippen LogP contribution in [0.3, 0.4) is 0 Å². The maximum atomic E-state index is 12.6. The number of carbonyl (C=O) groups is 1. The zero-order valence-electron chi connectivity index (χ0n) is 15.7. The largest absolute Gasteiger partial charge is 0.497 e. The van der Waals surface area contributed by atoms with Gasteiger partial charge in [0.15, 0.2) is 0 Å². The number of hydrogen-bond donors (Lipinski definition) is 0. The number of amides is 1. The van der Waals surface area contributed by atoms with E-state index in [1.807, 2.05) is 12.1 Å². The van der Waals surface area contributed by atoms with E-state index >= 15 is 0 Å². The van der Waals surface area contributed by atoms with Crippen molar-refractivity contribution in [1.82, 2.24) is 9.88 Å². The number of methoxy groups -OCH3 is 1. The molecular weight excluding hydrogens is 326 g/mol. The molecule has 1 saturated carbocycles. The molecule has 4 rings (SSSR count). The first-order valence-corrected chi connectivity index (χ1v) is 9.65. The zero-order chi connectivity index (χ0) is 18.1. The van der Waals surface area contributed by atoms with Crippen molar-refractivity contribution in [2.75, 3.05) is 38.2 Å². The van der Waals surface area contributed by atoms with Crippen molar-refractivity contribution < 1.29 is 9.53 Å². The average molecular weight is 353 g/mol. The fourth-order valence-corrected chi connectivity index (χ4v) is 3.93. The first kappa shape index (κ1) is 17.1. The van der Waals surface area contributed by atoms with Crippen molar-refractivity contribution in [2.24, 2.45) is 5.92 Å². The van der Waals surface area contributed by atoms with Gasteiger partial charge in [0.25, 0.3) is 0 Å². The predicted octanol–water partition coefficient (Wildman–Crippen LogP) is 3.39. The number of anilines is 1. The van der Waals surface area contributed by atoms with Gasteiger partial charge in [-0.3, -0.25) is 4.79 Å². The van der Waals surface area contributed by atoms with E-state index in [0.717, 1.165) is 67.9 Å². The number of rotatable bonds is 3. The van der Waals surface area contributed by atoms with Crippen LogP contribution in [0.5, 0.6) is 5.75 Å². The Morgan fingerprint density at radius 3 is 2.69 bits per heavy atom. The Bertz CT molecular complexity index is 816. The maximum absolute atomic E-state index is 12.6. The molecule has 1 aromatic carbocycles. The van der Waals surface area contributed by atoms with Crippen molar-refractivity contribution >= 4 is 22.6 Å². The quantitative estimate of drug-likeness (QED) is 0.848. The highest BCUT2D eigenvalue weighted by molar-refractivity contribution is 5.85. The number of carbonyl (C=O) groups excluding carboxylic acids is 1. The van der Waals surface area contributed by atoms with Crippen molar-refractivity contribution in [1.29, 1.82) is 0 Å². The van der Waals surface area contributed by atoms with E-state index in [2.05, 4.69) is 28.9 Å². The highest BCUT2D eigenvalue weighted by Crippen LogP contribution is 2.29. The number of aromatic nitrogens is 1. The fraction of sp³-hybridized carbons (Fsp3) is 0.524. The monoisotopic (exact) mass is 353 g/mol. The Kier molecular flexibility index (Phi) is 4.70. The van der Waals surface area contributed by atoms with E-state index in [0.29, 0.717) is 5.91 Å². The molecule has 1 amide bonds. The zero-order valence-corrected chi connectivity index (χ0v) is 15.7. The number of aryl methyl sites for hydroxylation is 1. The number of nitrogens with zero attached hydrogens (tertiary/aromatic N) is 3. The molecule has 0 atom stereocenters. The van der Waals surface area contributed by atoms with Gasteiger partial charge >= 0.3 is 0 Å². The van der Waals surface area contributed by atoms with Gasteiger partial charge in [-0.1, -0.05) is 6.42 Å². The molecule has 1 saturated heterocycles. The Labute approximate surface area is 154 Å². The predicted molar refractivity (Wildman–Crippen MR) is 104 cm³/mol. The van der Waals surface area contributed by atoms with Gasteiger partial charge in [0.1, 0.15) is 11.6 Å². The molecule has 26 heavy (non-hydrogen) atoms. The number of hydrogen-bond acceptors (Lipinski definition) is 4. The Morgan fingerprint density at radius 2 is 1.96 bits per heavy atom. The fourth-order valence-electron chi connectivity index (χ4n) is 3.93. The minimum absolute atomic E-state index is 0.287. The summed E-state index contributed by atoms with van der Waals surface area (Å²) in [5, 5.41) is 1.16. The molecule has 1 aliphatic heterocycles. The second kappa shape index (κ2) is 7.14. The normalized spacial score (nSPS) is 18.5. The molecule has 0 bridgehead atoms. The Hall–Kier alpha value is -2.30. The van der Waals surface area contributed by atoms with Gasteiger partial charge in [0.05, 0.1) is 12.6 Å². The minimum atomic E-state index is 0.287. The van der Waals surface area contributed by atoms with Gasteiger partial charge in [-0.15, -0.1) is 0 Å². The Balaban J connectivity index is 1.54. The topological polar surface area (TPSA) is 45.7 Å². The molecule has 2 aliphatic rings. The second-order valence-corrected chi connectivity index (χ2v) is 7.47. The van der Waals surface area contributed by atoms with Crippen LogP contribution in [0.2, 0.25) is 0 Å². The summed E-state index contributed by atoms with van der Waals surface area (Å²) in [7, 11) is 1.68. The van der Waals surface area contributed by atoms with E-state index < -0.39 is 0 Å². The number of fused-ring (bicyclic) bond motifs is 1. The van der Waals surface area contributed by atoms with Crippen LogP contribution >= 0.6 is 0 Å². The second-order valence-electron chi connectivity index (χ2n) is 7.47. The first-order chi connectivity index (χ1) is 12.7. The molecule has 0 N–H and O–H groups in total. The van der Waals surface area contributed by atoms with Gasteiger partial charge in [0, 0.05) is 43.5 Å². The lowest BCUT2D eigenvalue weighted by Crippen LogP contribution is -2.41. The lowest BCUT2D eigenvalue weighted by atomic mass is 9.84. The average Bonchev–Trinajstić information content (AvgIpc) is 2.85. The Morgan fingerprint density at radius 1 is 1.12 bits per heavy atom. The standard InChI is InChI=1S/C21H27N3O2/c1-15-13-20(22-19-14-17(26-2)7-8-18(15)19)23-9-4-10-24(12-11-23)21(25)16-5-3-6-16/h7-8,13-14,16H,3-6,9-12H2,1-2H3. The van der Waals surface area contributed by atoms with E-state index in [9.17, 15) is 4.79 Å². The summed E-state index contributed by atoms with van der Waals surface area (Å²) in [5.41, 5.74) is 2.19. The molecule has 0 unspecified atom stereocenters. The summed E-state index contributed by atoms with van der Waals surface area (Å²) in [4.78, 5) is 21.8. The molecule has 138 valence electrons. The van der Waals surface area contributed by atoms with Gasteiger partial charge in [-0.25, -0.2) is 4.98 Å². The molecule has 5 heteroatoms. The molecule has 2 heterocycles. The molecule has 0 radical (unpaired) electrons. The summed E-state index contributed by atoms with van der Waals surface area (Å²) in [6.07, 6.45) is 4.36. The van der Waals surface area contributed by atoms with E-state index in [4.69, 9.17) is 9.72 Å². The number of pyridine rings is 1. The number of ether oxygens (including phenoxy) is 1. The highest BCUT2D eigenvalue weighted by atomic mass is 16.5. The van der Waals surface area contributed by atoms with Gasteiger partial charge in [0.2, 0.25) is 5.91 Å². The molecule has 0 spiro atoms. The number of benzene rings is 1. The molecule has 1 aromatic heterocycles. The van der Waals surface area contributed by atoms with Crippen LogP contribution in [0.4, 0.5) is 5.82 Å². The molecule has 1 aliphatic carbocycles. The van der Waals surface area contributed by atoms with Gasteiger partial charge in [-0.05, 0) is 49.9 Å². The molecular formula is C21H27N3O2. The summed E-state index contributed by atoms with van der Waals surface area (Å²) >= 11 is 0. The summed E-state index contributed by atoms with van der Waals surface area (Å²) in [6, 6.07) is 8.21. The third-order valence-corrected chi connectivity index (χ3v) is 5.80. The third kappa shape index (κ3) is 3.22. The van der Waals surface area contributed by atoms with E-state index in [-0.39, 0.29) is 5.92 Å². The van der Waals surface area contributed by atoms with Crippen molar-refractivity contribution in [3.63, 3.8) is 0 Å². The smallest absolute Gasteiger partial charge is 0.225 e. The van der Waals surface area contributed by atoms with Crippen LogP contribution in [0.15, 0.2) is 24.3 Å². The van der Waals surface area contributed by atoms with Crippen molar-refractivity contribution in [3.05, 3.63) is 29.8 Å². The van der Waals surface area contributed by atoms with Crippen molar-refractivity contribution in [2.45, 2.75) is 32.6 Å². The summed E-state index contributed by atoms with van der Waals surface area (Å²) < 4.78 is 5.35. The molecule has 2 fully saturated rings. The van der Waals surface area contributed by atoms with E-state index in [1.54, 1.807) is 7.11 Å². The van der Waals surface area contributed by atoms with Crippen LogP contribution in [0.1, 0.15) is 31.2 Å². The van der Waals surface area contributed by atoms with Crippen LogP contribution in [-0.2, 0) is 4.79 Å². The molecule has 2 aromatic rings. The van der Waals surface area contributed by atoms with Crippen LogP contribution in [-0.4, -0.2) is 49.1 Å². The van der Waals surface area contributed by atoms with Gasteiger partial charge in [-0.2, -0.15) is 0 Å². The van der Waals surface area contributed by atoms with Crippen LogP contribution in [0.25, 0.3) is 10.9 Å². The first-order valence-electron chi connectivity index (χ1n) is 9.65. The SMILES string of the molecule is COc1ccc2c(C)cc(N3CCCN(C(=O)C4CCC4)CC3)nc2c1. The van der Waals surface area contributed by atoms with E-state index in [1.165, 1.54) is 12.0 Å². The highest BCUT2D eigenvalue weighted by Gasteiger charge is 2.30. The van der Waals surface area contributed by atoms with Crippen LogP contribution < -0.4 is 9.64 Å². The lowest BCUT2D eigenvalue weighted by Gasteiger charge is -2.31. The summed E-state index contributed by atoms with van der Waals surface area (Å²) in [6.45, 7) is 5.58. The summed E-state index contributed by atoms with van der Waals surface area (Å²) in [5.74, 6) is 2.48. The van der Waals surface area contributed by atoms with Crippen LogP contribution in [0, 0.1) is 12.8 Å². The van der Waals surface area contributed by atoms with Crippen molar-refractivity contribution in [3.8, 4) is 5.75 Å². The lowest BCUT2D eigenvalue weighted by molar-refractivity contribution is -0.137. The molecule has 5 nitrogen and oxygen atoms in total.